The maximum absolute atomic E-state index is 12.8. The summed E-state index contributed by atoms with van der Waals surface area (Å²) in [6.07, 6.45) is 0. The van der Waals surface area contributed by atoms with E-state index in [0.29, 0.717) is 5.75 Å². The molecule has 26 heavy (non-hydrogen) atoms. The second-order valence-electron chi connectivity index (χ2n) is 6.40. The molecule has 0 bridgehead atoms. The highest BCUT2D eigenvalue weighted by Gasteiger charge is 2.48. The van der Waals surface area contributed by atoms with Gasteiger partial charge in [-0.25, -0.2) is 4.79 Å². The van der Waals surface area contributed by atoms with Gasteiger partial charge in [0.15, 0.2) is 0 Å². The monoisotopic (exact) mass is 354 g/mol. The van der Waals surface area contributed by atoms with E-state index >= 15 is 0 Å². The molecule has 1 fully saturated rings. The third kappa shape index (κ3) is 3.35. The number of hydrogen-bond acceptors (Lipinski definition) is 4. The van der Waals surface area contributed by atoms with Crippen LogP contribution in [-0.2, 0) is 10.3 Å². The van der Waals surface area contributed by atoms with E-state index in [1.54, 1.807) is 38.3 Å². The van der Waals surface area contributed by atoms with E-state index in [2.05, 4.69) is 5.32 Å². The average Bonchev–Trinajstić information content (AvgIpc) is 2.86. The maximum atomic E-state index is 12.8. The van der Waals surface area contributed by atoms with Crippen LogP contribution in [0, 0.1) is 6.92 Å². The Morgan fingerprint density at radius 1 is 1.00 bits per heavy atom. The van der Waals surface area contributed by atoms with Gasteiger partial charge in [-0.1, -0.05) is 29.8 Å². The van der Waals surface area contributed by atoms with Crippen LogP contribution in [0.5, 0.6) is 11.5 Å². The molecule has 2 aromatic rings. The average molecular weight is 354 g/mol. The molecule has 1 aliphatic rings. The number of benzene rings is 2. The van der Waals surface area contributed by atoms with Crippen LogP contribution in [0.3, 0.4) is 0 Å². The van der Waals surface area contributed by atoms with Gasteiger partial charge in [0.05, 0.1) is 13.7 Å². The zero-order valence-corrected chi connectivity index (χ0v) is 15.1. The number of methoxy groups -OCH3 is 1. The van der Waals surface area contributed by atoms with Gasteiger partial charge in [-0.3, -0.25) is 9.69 Å². The number of nitrogens with zero attached hydrogens (tertiary/aromatic N) is 1. The minimum absolute atomic E-state index is 0.179. The summed E-state index contributed by atoms with van der Waals surface area (Å²) in [5.74, 6) is 1.11. The Balaban J connectivity index is 1.64. The molecule has 1 N–H and O–H groups in total. The number of carbonyl (C=O) groups excluding carboxylic acids is 2. The Labute approximate surface area is 152 Å². The normalized spacial score (nSPS) is 19.4. The van der Waals surface area contributed by atoms with Crippen molar-refractivity contribution in [2.45, 2.75) is 19.4 Å². The second-order valence-corrected chi connectivity index (χ2v) is 6.40. The number of carbonyl (C=O) groups is 2. The van der Waals surface area contributed by atoms with Crippen molar-refractivity contribution < 1.29 is 19.1 Å². The Kier molecular flexibility index (Phi) is 4.84. The minimum Gasteiger partial charge on any atom is -0.497 e. The quantitative estimate of drug-likeness (QED) is 0.810. The largest absolute Gasteiger partial charge is 0.497 e. The van der Waals surface area contributed by atoms with Crippen LogP contribution >= 0.6 is 0 Å². The summed E-state index contributed by atoms with van der Waals surface area (Å²) in [6, 6.07) is 14.3. The van der Waals surface area contributed by atoms with Gasteiger partial charge in [-0.2, -0.15) is 0 Å². The number of urea groups is 1. The summed E-state index contributed by atoms with van der Waals surface area (Å²) < 4.78 is 10.7. The summed E-state index contributed by atoms with van der Waals surface area (Å²) in [5, 5.41) is 2.79. The molecule has 3 rings (SSSR count). The molecule has 0 aromatic heterocycles. The third-order valence-electron chi connectivity index (χ3n) is 4.55. The highest BCUT2D eigenvalue weighted by molar-refractivity contribution is 6.07. The van der Waals surface area contributed by atoms with Crippen LogP contribution in [0.25, 0.3) is 0 Å². The van der Waals surface area contributed by atoms with Crippen LogP contribution in [0.4, 0.5) is 4.79 Å². The van der Waals surface area contributed by atoms with Gasteiger partial charge in [0, 0.05) is 0 Å². The van der Waals surface area contributed by atoms with Crippen LogP contribution in [-0.4, -0.2) is 37.1 Å². The van der Waals surface area contributed by atoms with E-state index in [4.69, 9.17) is 9.47 Å². The molecule has 0 radical (unpaired) electrons. The van der Waals surface area contributed by atoms with Gasteiger partial charge in [0.1, 0.15) is 23.6 Å². The number of ether oxygens (including phenoxy) is 2. The Morgan fingerprint density at radius 3 is 2.23 bits per heavy atom. The predicted octanol–water partition coefficient (Wildman–Crippen LogP) is 2.85. The van der Waals surface area contributed by atoms with Crippen LogP contribution in [0.2, 0.25) is 0 Å². The Morgan fingerprint density at radius 2 is 1.62 bits per heavy atom. The third-order valence-corrected chi connectivity index (χ3v) is 4.55. The van der Waals surface area contributed by atoms with E-state index in [1.165, 1.54) is 4.90 Å². The number of amides is 3. The van der Waals surface area contributed by atoms with Crippen molar-refractivity contribution in [2.75, 3.05) is 20.3 Å². The van der Waals surface area contributed by atoms with Crippen molar-refractivity contribution in [3.8, 4) is 11.5 Å². The van der Waals surface area contributed by atoms with Gasteiger partial charge < -0.3 is 14.8 Å². The lowest BCUT2D eigenvalue weighted by atomic mass is 9.91. The molecule has 0 aliphatic carbocycles. The van der Waals surface area contributed by atoms with E-state index in [0.717, 1.165) is 16.9 Å². The first-order valence-corrected chi connectivity index (χ1v) is 8.42. The lowest BCUT2D eigenvalue weighted by Crippen LogP contribution is -2.41. The predicted molar refractivity (Wildman–Crippen MR) is 97.3 cm³/mol. The van der Waals surface area contributed by atoms with Crippen LogP contribution in [0.1, 0.15) is 18.1 Å². The summed E-state index contributed by atoms with van der Waals surface area (Å²) in [7, 11) is 1.60. The number of imide groups is 1. The molecule has 1 unspecified atom stereocenters. The van der Waals surface area contributed by atoms with E-state index in [9.17, 15) is 9.59 Å². The fraction of sp³-hybridized carbons (Fsp3) is 0.300. The highest BCUT2D eigenvalue weighted by Crippen LogP contribution is 2.29. The van der Waals surface area contributed by atoms with Gasteiger partial charge in [0.2, 0.25) is 0 Å². The van der Waals surface area contributed by atoms with E-state index < -0.39 is 11.6 Å². The van der Waals surface area contributed by atoms with Crippen LogP contribution < -0.4 is 14.8 Å². The molecular formula is C20H22N2O4. The van der Waals surface area contributed by atoms with Gasteiger partial charge in [-0.15, -0.1) is 0 Å². The molecule has 1 atom stereocenters. The molecule has 136 valence electrons. The van der Waals surface area contributed by atoms with Gasteiger partial charge in [-0.05, 0) is 43.7 Å². The molecular weight excluding hydrogens is 332 g/mol. The lowest BCUT2D eigenvalue weighted by Gasteiger charge is -2.22. The lowest BCUT2D eigenvalue weighted by molar-refractivity contribution is -0.131. The van der Waals surface area contributed by atoms with Crippen molar-refractivity contribution >= 4 is 11.9 Å². The molecule has 3 amide bonds. The standard InChI is InChI=1S/C20H22N2O4/c1-14-4-6-15(7-5-14)20(2)18(23)22(19(24)21-20)12-13-26-17-10-8-16(25-3)9-11-17/h4-11H,12-13H2,1-3H3,(H,21,24). The Bertz CT molecular complexity index is 802. The van der Waals surface area contributed by atoms with Crippen LogP contribution in [0.15, 0.2) is 48.5 Å². The molecule has 1 heterocycles. The smallest absolute Gasteiger partial charge is 0.325 e. The number of rotatable bonds is 6. The topological polar surface area (TPSA) is 67.9 Å². The first-order valence-electron chi connectivity index (χ1n) is 8.42. The van der Waals surface area contributed by atoms with Crippen molar-refractivity contribution in [3.05, 3.63) is 59.7 Å². The molecule has 0 saturated carbocycles. The molecule has 2 aromatic carbocycles. The van der Waals surface area contributed by atoms with E-state index in [-0.39, 0.29) is 19.1 Å². The fourth-order valence-corrected chi connectivity index (χ4v) is 2.91. The van der Waals surface area contributed by atoms with Gasteiger partial charge >= 0.3 is 6.03 Å². The SMILES string of the molecule is COc1ccc(OCCN2C(=O)NC(C)(c3ccc(C)cc3)C2=O)cc1. The van der Waals surface area contributed by atoms with E-state index in [1.807, 2.05) is 31.2 Å². The number of hydrogen-bond donors (Lipinski definition) is 1. The van der Waals surface area contributed by atoms with Gasteiger partial charge in [0.25, 0.3) is 5.91 Å². The minimum atomic E-state index is -1.05. The van der Waals surface area contributed by atoms with Crippen molar-refractivity contribution in [1.29, 1.82) is 0 Å². The number of aryl methyl sites for hydroxylation is 1. The molecule has 0 spiro atoms. The summed E-state index contributed by atoms with van der Waals surface area (Å²) in [5.41, 5.74) is 0.809. The first-order chi connectivity index (χ1) is 12.4. The fourth-order valence-electron chi connectivity index (χ4n) is 2.91. The first kappa shape index (κ1) is 17.8. The zero-order valence-electron chi connectivity index (χ0n) is 15.1. The summed E-state index contributed by atoms with van der Waals surface area (Å²) in [6.45, 7) is 4.10. The summed E-state index contributed by atoms with van der Waals surface area (Å²) >= 11 is 0. The molecule has 6 nitrogen and oxygen atoms in total. The highest BCUT2D eigenvalue weighted by atomic mass is 16.5. The molecule has 1 aliphatic heterocycles. The second kappa shape index (κ2) is 7.07. The number of nitrogens with one attached hydrogen (secondary N) is 1. The summed E-state index contributed by atoms with van der Waals surface area (Å²) in [4.78, 5) is 26.3. The van der Waals surface area contributed by atoms with Crippen molar-refractivity contribution in [3.63, 3.8) is 0 Å². The van der Waals surface area contributed by atoms with Crippen molar-refractivity contribution in [1.82, 2.24) is 10.2 Å². The van der Waals surface area contributed by atoms with Crippen molar-refractivity contribution in [2.24, 2.45) is 0 Å². The molecule has 6 heteroatoms. The maximum Gasteiger partial charge on any atom is 0.325 e. The Hall–Kier alpha value is -3.02. The molecule has 1 saturated heterocycles. The zero-order chi connectivity index (χ0) is 18.7.